The van der Waals surface area contributed by atoms with Gasteiger partial charge in [0.25, 0.3) is 0 Å². The van der Waals surface area contributed by atoms with E-state index in [1.54, 1.807) is 0 Å². The van der Waals surface area contributed by atoms with Crippen molar-refractivity contribution >= 4 is 16.5 Å². The Labute approximate surface area is 187 Å². The van der Waals surface area contributed by atoms with Crippen LogP contribution in [0.3, 0.4) is 0 Å². The van der Waals surface area contributed by atoms with Crippen molar-refractivity contribution in [2.75, 3.05) is 6.61 Å². The van der Waals surface area contributed by atoms with Crippen molar-refractivity contribution < 1.29 is 9.47 Å². The standard InChI is InChI=1S/C28H24N2O2/c1-2-31-26-16-7-6-14-23(26)28-30-25(22-13-5-8-17-27(22)32-28)18-24(29-30)21-15-9-11-19-10-3-4-12-20(19)21/h3-17,25,28H,2,18H2,1H3. The first-order chi connectivity index (χ1) is 15.8. The van der Waals surface area contributed by atoms with Crippen LogP contribution < -0.4 is 9.47 Å². The van der Waals surface area contributed by atoms with Crippen molar-refractivity contribution in [2.45, 2.75) is 25.6 Å². The Kier molecular flexibility index (Phi) is 4.57. The molecular formula is C28H24N2O2. The Morgan fingerprint density at radius 2 is 1.62 bits per heavy atom. The van der Waals surface area contributed by atoms with Gasteiger partial charge in [-0.1, -0.05) is 72.8 Å². The second-order valence-corrected chi connectivity index (χ2v) is 8.15. The van der Waals surface area contributed by atoms with Gasteiger partial charge in [-0.3, -0.25) is 0 Å². The van der Waals surface area contributed by atoms with E-state index < -0.39 is 0 Å². The maximum absolute atomic E-state index is 6.53. The van der Waals surface area contributed by atoms with Crippen molar-refractivity contribution in [1.29, 1.82) is 0 Å². The summed E-state index contributed by atoms with van der Waals surface area (Å²) < 4.78 is 12.5. The van der Waals surface area contributed by atoms with Crippen LogP contribution in [0.1, 0.15) is 42.3 Å². The Morgan fingerprint density at radius 3 is 2.53 bits per heavy atom. The molecule has 0 amide bonds. The van der Waals surface area contributed by atoms with Crippen LogP contribution in [0.2, 0.25) is 0 Å². The SMILES string of the molecule is CCOc1ccccc1C1Oc2ccccc2C2CC(c3cccc4ccccc34)=NN21. The van der Waals surface area contributed by atoms with Gasteiger partial charge in [-0.05, 0) is 35.9 Å². The molecule has 158 valence electrons. The highest BCUT2D eigenvalue weighted by Crippen LogP contribution is 2.49. The third-order valence-corrected chi connectivity index (χ3v) is 6.28. The van der Waals surface area contributed by atoms with E-state index >= 15 is 0 Å². The topological polar surface area (TPSA) is 34.1 Å². The highest BCUT2D eigenvalue weighted by Gasteiger charge is 2.42. The van der Waals surface area contributed by atoms with Gasteiger partial charge in [0.15, 0.2) is 0 Å². The van der Waals surface area contributed by atoms with E-state index in [9.17, 15) is 0 Å². The first-order valence-electron chi connectivity index (χ1n) is 11.1. The maximum Gasteiger partial charge on any atom is 0.217 e. The van der Waals surface area contributed by atoms with Gasteiger partial charge in [-0.25, -0.2) is 5.01 Å². The van der Waals surface area contributed by atoms with Crippen LogP contribution >= 0.6 is 0 Å². The molecule has 0 bridgehead atoms. The van der Waals surface area contributed by atoms with E-state index in [-0.39, 0.29) is 12.3 Å². The fourth-order valence-corrected chi connectivity index (χ4v) is 4.85. The Morgan fingerprint density at radius 1 is 0.875 bits per heavy atom. The van der Waals surface area contributed by atoms with E-state index in [0.29, 0.717) is 6.61 Å². The van der Waals surface area contributed by atoms with E-state index in [1.807, 2.05) is 31.2 Å². The van der Waals surface area contributed by atoms with Gasteiger partial charge >= 0.3 is 0 Å². The molecule has 0 aromatic heterocycles. The van der Waals surface area contributed by atoms with Gasteiger partial charge in [-0.2, -0.15) is 5.10 Å². The minimum Gasteiger partial charge on any atom is -0.493 e. The zero-order chi connectivity index (χ0) is 21.5. The molecule has 2 unspecified atom stereocenters. The van der Waals surface area contributed by atoms with Crippen LogP contribution in [0.5, 0.6) is 11.5 Å². The summed E-state index contributed by atoms with van der Waals surface area (Å²) >= 11 is 0. The number of ether oxygens (including phenoxy) is 2. The molecule has 0 N–H and O–H groups in total. The summed E-state index contributed by atoms with van der Waals surface area (Å²) in [7, 11) is 0. The van der Waals surface area contributed by atoms with Crippen molar-refractivity contribution in [3.8, 4) is 11.5 Å². The van der Waals surface area contributed by atoms with Crippen molar-refractivity contribution in [1.82, 2.24) is 5.01 Å². The molecule has 0 saturated heterocycles. The van der Waals surface area contributed by atoms with Gasteiger partial charge in [-0.15, -0.1) is 0 Å². The summed E-state index contributed by atoms with van der Waals surface area (Å²) in [6, 6.07) is 31.5. The fourth-order valence-electron chi connectivity index (χ4n) is 4.85. The third-order valence-electron chi connectivity index (χ3n) is 6.28. The molecule has 4 nitrogen and oxygen atoms in total. The highest BCUT2D eigenvalue weighted by molar-refractivity contribution is 6.11. The number of benzene rings is 4. The minimum absolute atomic E-state index is 0.119. The molecule has 0 saturated carbocycles. The summed E-state index contributed by atoms with van der Waals surface area (Å²) in [6.45, 7) is 2.61. The second kappa shape index (κ2) is 7.72. The molecule has 32 heavy (non-hydrogen) atoms. The summed E-state index contributed by atoms with van der Waals surface area (Å²) in [6.07, 6.45) is 0.493. The van der Waals surface area contributed by atoms with Gasteiger partial charge in [0.05, 0.1) is 23.9 Å². The zero-order valence-electron chi connectivity index (χ0n) is 17.9. The van der Waals surface area contributed by atoms with E-state index in [2.05, 4.69) is 71.7 Å². The average Bonchev–Trinajstić information content (AvgIpc) is 3.29. The molecule has 0 radical (unpaired) electrons. The highest BCUT2D eigenvalue weighted by atomic mass is 16.5. The minimum atomic E-state index is -0.342. The van der Waals surface area contributed by atoms with Crippen LogP contribution in [0.4, 0.5) is 0 Å². The number of nitrogens with zero attached hydrogens (tertiary/aromatic N) is 2. The van der Waals surface area contributed by atoms with E-state index in [0.717, 1.165) is 29.2 Å². The molecule has 2 heterocycles. The second-order valence-electron chi connectivity index (χ2n) is 8.15. The van der Waals surface area contributed by atoms with Crippen LogP contribution in [0, 0.1) is 0 Å². The molecule has 4 heteroatoms. The quantitative estimate of drug-likeness (QED) is 0.379. The normalized spacial score (nSPS) is 19.2. The molecule has 0 fully saturated rings. The molecule has 6 rings (SSSR count). The molecular weight excluding hydrogens is 396 g/mol. The molecule has 2 aliphatic heterocycles. The number of hydrogen-bond acceptors (Lipinski definition) is 4. The zero-order valence-corrected chi connectivity index (χ0v) is 17.9. The maximum atomic E-state index is 6.53. The summed E-state index contributed by atoms with van der Waals surface area (Å²) in [5, 5.41) is 9.74. The van der Waals surface area contributed by atoms with Crippen molar-refractivity contribution in [3.63, 3.8) is 0 Å². The number of para-hydroxylation sites is 2. The summed E-state index contributed by atoms with van der Waals surface area (Å²) in [4.78, 5) is 0. The number of hydrogen-bond donors (Lipinski definition) is 0. The molecule has 0 aliphatic carbocycles. The largest absolute Gasteiger partial charge is 0.493 e. The monoisotopic (exact) mass is 420 g/mol. The number of rotatable bonds is 4. The average molecular weight is 421 g/mol. The Balaban J connectivity index is 1.49. The lowest BCUT2D eigenvalue weighted by molar-refractivity contribution is -0.0205. The number of fused-ring (bicyclic) bond motifs is 4. The Hall–Kier alpha value is -3.79. The van der Waals surface area contributed by atoms with Crippen molar-refractivity contribution in [2.24, 2.45) is 5.10 Å². The first kappa shape index (κ1) is 18.9. The van der Waals surface area contributed by atoms with Gasteiger partial charge < -0.3 is 9.47 Å². The lowest BCUT2D eigenvalue weighted by Gasteiger charge is -2.38. The van der Waals surface area contributed by atoms with Gasteiger partial charge in [0, 0.05) is 17.5 Å². The molecule has 2 atom stereocenters. The van der Waals surface area contributed by atoms with Crippen LogP contribution in [0.15, 0.2) is 96.1 Å². The molecule has 4 aromatic carbocycles. The van der Waals surface area contributed by atoms with E-state index in [1.165, 1.54) is 21.9 Å². The number of hydrazone groups is 1. The lowest BCUT2D eigenvalue weighted by atomic mass is 9.93. The first-order valence-corrected chi connectivity index (χ1v) is 11.1. The lowest BCUT2D eigenvalue weighted by Crippen LogP contribution is -2.34. The predicted octanol–water partition coefficient (Wildman–Crippen LogP) is 6.48. The van der Waals surface area contributed by atoms with Crippen LogP contribution in [-0.4, -0.2) is 17.3 Å². The van der Waals surface area contributed by atoms with Gasteiger partial charge in [0.2, 0.25) is 6.23 Å². The van der Waals surface area contributed by atoms with Crippen LogP contribution in [-0.2, 0) is 0 Å². The molecule has 2 aliphatic rings. The predicted molar refractivity (Wildman–Crippen MR) is 127 cm³/mol. The molecule has 0 spiro atoms. The van der Waals surface area contributed by atoms with Crippen molar-refractivity contribution in [3.05, 3.63) is 108 Å². The summed E-state index contributed by atoms with van der Waals surface area (Å²) in [5.74, 6) is 1.76. The van der Waals surface area contributed by atoms with Crippen LogP contribution in [0.25, 0.3) is 10.8 Å². The smallest absolute Gasteiger partial charge is 0.217 e. The van der Waals surface area contributed by atoms with Gasteiger partial charge in [0.1, 0.15) is 11.5 Å². The fraction of sp³-hybridized carbons (Fsp3) is 0.179. The summed E-state index contributed by atoms with van der Waals surface area (Å²) in [5.41, 5.74) is 4.45. The Bertz CT molecular complexity index is 1320. The third kappa shape index (κ3) is 3.02. The molecule has 4 aromatic rings. The van der Waals surface area contributed by atoms with E-state index in [4.69, 9.17) is 14.6 Å².